The second-order valence-corrected chi connectivity index (χ2v) is 10.4. The maximum absolute atomic E-state index is 12.8. The molecule has 1 N–H and O–H groups in total. The number of para-hydroxylation sites is 1. The number of esters is 1. The second-order valence-electron chi connectivity index (χ2n) is 8.69. The molecule has 0 unspecified atom stereocenters. The van der Waals surface area contributed by atoms with Gasteiger partial charge in [-0.05, 0) is 53.4 Å². The molecule has 0 spiro atoms. The number of sulfonamides is 1. The summed E-state index contributed by atoms with van der Waals surface area (Å²) in [6.07, 6.45) is 1.78. The fourth-order valence-electron chi connectivity index (χ4n) is 3.83. The summed E-state index contributed by atoms with van der Waals surface area (Å²) in [5.74, 6) is -0.153. The smallest absolute Gasteiger partial charge is 0.324 e. The number of fused-ring (bicyclic) bond motifs is 1. The lowest BCUT2D eigenvalue weighted by molar-refractivity contribution is -0.143. The topological polar surface area (TPSA) is 94.6 Å². The molecule has 4 rings (SSSR count). The number of carbonyl (C=O) groups is 1. The molecule has 0 fully saturated rings. The molecule has 7 nitrogen and oxygen atoms in total. The third-order valence-electron chi connectivity index (χ3n) is 5.89. The Balaban J connectivity index is 1.44. The van der Waals surface area contributed by atoms with E-state index in [1.807, 2.05) is 54.6 Å². The Bertz CT molecular complexity index is 1440. The second kappa shape index (κ2) is 10.9. The number of carbonyl (C=O) groups excluding carboxylic acids is 1. The highest BCUT2D eigenvalue weighted by Gasteiger charge is 2.29. The van der Waals surface area contributed by atoms with Gasteiger partial charge in [-0.15, -0.1) is 0 Å². The van der Waals surface area contributed by atoms with Gasteiger partial charge in [-0.2, -0.15) is 4.72 Å². The Morgan fingerprint density at radius 3 is 2.19 bits per heavy atom. The quantitative estimate of drug-likeness (QED) is 0.324. The fraction of sp³-hybridized carbons (Fsp3) is 0.214. The van der Waals surface area contributed by atoms with Crippen LogP contribution in [0, 0.1) is 5.92 Å². The van der Waals surface area contributed by atoms with Crippen LogP contribution in [-0.2, 0) is 26.2 Å². The number of nitrogens with one attached hydrogen (secondary N) is 1. The Morgan fingerprint density at radius 1 is 0.917 bits per heavy atom. The Labute approximate surface area is 211 Å². The maximum Gasteiger partial charge on any atom is 0.324 e. The summed E-state index contributed by atoms with van der Waals surface area (Å²) in [7, 11) is -2.66. The third kappa shape index (κ3) is 5.72. The van der Waals surface area contributed by atoms with Crippen molar-refractivity contribution in [2.45, 2.75) is 31.4 Å². The van der Waals surface area contributed by atoms with Crippen molar-refractivity contribution >= 4 is 26.9 Å². The number of hydrogen-bond acceptors (Lipinski definition) is 6. The Morgan fingerprint density at radius 2 is 1.56 bits per heavy atom. The van der Waals surface area contributed by atoms with Crippen LogP contribution in [0.25, 0.3) is 22.0 Å². The minimum Gasteiger partial charge on any atom is -0.489 e. The fourth-order valence-corrected chi connectivity index (χ4v) is 5.16. The van der Waals surface area contributed by atoms with Gasteiger partial charge in [0.05, 0.1) is 17.5 Å². The van der Waals surface area contributed by atoms with Crippen LogP contribution in [0.5, 0.6) is 5.75 Å². The highest BCUT2D eigenvalue weighted by Crippen LogP contribution is 2.25. The molecule has 8 heteroatoms. The highest BCUT2D eigenvalue weighted by molar-refractivity contribution is 7.89. The first-order valence-electron chi connectivity index (χ1n) is 11.5. The van der Waals surface area contributed by atoms with Crippen molar-refractivity contribution in [1.29, 1.82) is 0 Å². The SMILES string of the molecule is COC(=O)[C@H](NS(=O)(=O)c1ccc(-c2ccc(OCc3ccnc4ccccc34)cc2)cc1)C(C)C. The van der Waals surface area contributed by atoms with Crippen LogP contribution in [0.2, 0.25) is 0 Å². The summed E-state index contributed by atoms with van der Waals surface area (Å²) in [4.78, 5) is 16.4. The van der Waals surface area contributed by atoms with E-state index in [0.29, 0.717) is 6.61 Å². The number of methoxy groups -OCH3 is 1. The molecule has 1 atom stereocenters. The molecule has 0 aliphatic carbocycles. The van der Waals surface area contributed by atoms with Crippen molar-refractivity contribution in [3.8, 4) is 16.9 Å². The average Bonchev–Trinajstić information content (AvgIpc) is 2.90. The molecular formula is C28H28N2O5S. The van der Waals surface area contributed by atoms with E-state index in [4.69, 9.17) is 9.47 Å². The summed E-state index contributed by atoms with van der Waals surface area (Å²) in [6, 6.07) is 23.1. The van der Waals surface area contributed by atoms with Crippen LogP contribution in [0.4, 0.5) is 0 Å². The number of rotatable bonds is 9. The number of ether oxygens (including phenoxy) is 2. The van der Waals surface area contributed by atoms with E-state index in [-0.39, 0.29) is 10.8 Å². The largest absolute Gasteiger partial charge is 0.489 e. The molecule has 186 valence electrons. The van der Waals surface area contributed by atoms with Gasteiger partial charge in [0.25, 0.3) is 0 Å². The standard InChI is InChI=1S/C28H28N2O5S/c1-19(2)27(28(31)34-3)30-36(32,33)24-14-10-21(11-15-24)20-8-12-23(13-9-20)35-18-22-16-17-29-26-7-5-4-6-25(22)26/h4-17,19,27,30H,18H2,1-3H3/t27-/m1/s1. The van der Waals surface area contributed by atoms with Gasteiger partial charge in [-0.25, -0.2) is 8.42 Å². The van der Waals surface area contributed by atoms with E-state index in [1.54, 1.807) is 32.2 Å². The predicted octanol–water partition coefficient (Wildman–Crippen LogP) is 4.96. The molecule has 1 aromatic heterocycles. The van der Waals surface area contributed by atoms with Crippen molar-refractivity contribution in [1.82, 2.24) is 9.71 Å². The molecule has 0 radical (unpaired) electrons. The van der Waals surface area contributed by atoms with Crippen LogP contribution < -0.4 is 9.46 Å². The van der Waals surface area contributed by atoms with Crippen LogP contribution in [0.3, 0.4) is 0 Å². The molecular weight excluding hydrogens is 476 g/mol. The van der Waals surface area contributed by atoms with Gasteiger partial charge < -0.3 is 9.47 Å². The third-order valence-corrected chi connectivity index (χ3v) is 7.35. The highest BCUT2D eigenvalue weighted by atomic mass is 32.2. The lowest BCUT2D eigenvalue weighted by Gasteiger charge is -2.19. The first kappa shape index (κ1) is 25.3. The van der Waals surface area contributed by atoms with E-state index >= 15 is 0 Å². The van der Waals surface area contributed by atoms with E-state index in [0.717, 1.165) is 33.3 Å². The minimum absolute atomic E-state index is 0.0744. The zero-order valence-corrected chi connectivity index (χ0v) is 21.2. The minimum atomic E-state index is -3.89. The summed E-state index contributed by atoms with van der Waals surface area (Å²) >= 11 is 0. The molecule has 0 bridgehead atoms. The molecule has 1 heterocycles. The van der Waals surface area contributed by atoms with Crippen molar-refractivity contribution in [2.75, 3.05) is 7.11 Å². The Kier molecular flexibility index (Phi) is 7.67. The molecule has 0 aliphatic rings. The average molecular weight is 505 g/mol. The van der Waals surface area contributed by atoms with Gasteiger partial charge in [0, 0.05) is 17.1 Å². The van der Waals surface area contributed by atoms with E-state index < -0.39 is 22.0 Å². The van der Waals surface area contributed by atoms with Gasteiger partial charge in [0.2, 0.25) is 10.0 Å². The first-order valence-corrected chi connectivity index (χ1v) is 13.0. The van der Waals surface area contributed by atoms with Gasteiger partial charge in [-0.1, -0.05) is 56.3 Å². The monoisotopic (exact) mass is 504 g/mol. The summed E-state index contributed by atoms with van der Waals surface area (Å²) in [5.41, 5.74) is 3.76. The lowest BCUT2D eigenvalue weighted by Crippen LogP contribution is -2.44. The van der Waals surface area contributed by atoms with Crippen LogP contribution in [0.1, 0.15) is 19.4 Å². The van der Waals surface area contributed by atoms with Gasteiger partial charge >= 0.3 is 5.97 Å². The van der Waals surface area contributed by atoms with Gasteiger partial charge in [0.1, 0.15) is 18.4 Å². The molecule has 0 saturated carbocycles. The Hall–Kier alpha value is -3.75. The summed E-state index contributed by atoms with van der Waals surface area (Å²) in [5, 5.41) is 1.06. The molecule has 0 aliphatic heterocycles. The number of pyridine rings is 1. The van der Waals surface area contributed by atoms with Crippen LogP contribution >= 0.6 is 0 Å². The number of benzene rings is 3. The zero-order valence-electron chi connectivity index (χ0n) is 20.3. The number of hydrogen-bond donors (Lipinski definition) is 1. The summed E-state index contributed by atoms with van der Waals surface area (Å²) in [6.45, 7) is 3.92. The van der Waals surface area contributed by atoms with Crippen molar-refractivity contribution < 1.29 is 22.7 Å². The molecule has 0 amide bonds. The van der Waals surface area contributed by atoms with Crippen molar-refractivity contribution in [2.24, 2.45) is 5.92 Å². The van der Waals surface area contributed by atoms with E-state index in [1.165, 1.54) is 19.2 Å². The maximum atomic E-state index is 12.8. The normalized spacial score (nSPS) is 12.4. The molecule has 3 aromatic carbocycles. The number of nitrogens with zero attached hydrogens (tertiary/aromatic N) is 1. The summed E-state index contributed by atoms with van der Waals surface area (Å²) < 4.78 is 38.7. The van der Waals surface area contributed by atoms with Crippen molar-refractivity contribution in [3.05, 3.63) is 90.6 Å². The van der Waals surface area contributed by atoms with Gasteiger partial charge in [-0.3, -0.25) is 9.78 Å². The van der Waals surface area contributed by atoms with Crippen LogP contribution in [-0.4, -0.2) is 32.5 Å². The zero-order chi connectivity index (χ0) is 25.7. The number of aromatic nitrogens is 1. The molecule has 36 heavy (non-hydrogen) atoms. The first-order chi connectivity index (χ1) is 17.3. The predicted molar refractivity (Wildman–Crippen MR) is 139 cm³/mol. The van der Waals surface area contributed by atoms with E-state index in [9.17, 15) is 13.2 Å². The van der Waals surface area contributed by atoms with Crippen LogP contribution in [0.15, 0.2) is 90.0 Å². The lowest BCUT2D eigenvalue weighted by atomic mass is 10.1. The van der Waals surface area contributed by atoms with E-state index in [2.05, 4.69) is 9.71 Å². The van der Waals surface area contributed by atoms with Crippen molar-refractivity contribution in [3.63, 3.8) is 0 Å². The molecule has 4 aromatic rings. The van der Waals surface area contributed by atoms with Gasteiger partial charge in [0.15, 0.2) is 0 Å². The molecule has 0 saturated heterocycles.